The van der Waals surface area contributed by atoms with Gasteiger partial charge < -0.3 is 0 Å². The van der Waals surface area contributed by atoms with E-state index in [-0.39, 0.29) is 43.0 Å². The first kappa shape index (κ1) is 26.7. The molecule has 2 atom stereocenters. The Kier molecular flexibility index (Phi) is 7.64. The van der Waals surface area contributed by atoms with E-state index in [1.807, 2.05) is 26.0 Å². The molecule has 2 unspecified atom stereocenters. The topological polar surface area (TPSA) is 64.1 Å². The van der Waals surface area contributed by atoms with Gasteiger partial charge in [-0.2, -0.15) is 13.2 Å². The minimum absolute atomic E-state index is 0.00475. The lowest BCUT2D eigenvalue weighted by molar-refractivity contribution is -0.137. The summed E-state index contributed by atoms with van der Waals surface area (Å²) in [4.78, 5) is 43.1. The molecule has 4 rings (SSSR count). The molecule has 1 aliphatic rings. The van der Waals surface area contributed by atoms with Crippen molar-refractivity contribution in [1.29, 1.82) is 0 Å². The number of carbonyl (C=O) groups excluding carboxylic acids is 3. The first-order chi connectivity index (χ1) is 17.4. The first-order valence-corrected chi connectivity index (χ1v) is 12.3. The third-order valence-electron chi connectivity index (χ3n) is 6.78. The number of benzene rings is 2. The Labute approximate surface area is 217 Å². The van der Waals surface area contributed by atoms with Gasteiger partial charge in [-0.15, -0.1) is 0 Å². The maximum atomic E-state index is 13.3. The van der Waals surface area contributed by atoms with Gasteiger partial charge in [0, 0.05) is 36.9 Å². The molecule has 1 saturated carbocycles. The predicted molar refractivity (Wildman–Crippen MR) is 134 cm³/mol. The van der Waals surface area contributed by atoms with Gasteiger partial charge in [-0.1, -0.05) is 29.8 Å². The fourth-order valence-corrected chi connectivity index (χ4v) is 5.13. The van der Waals surface area contributed by atoms with Gasteiger partial charge in [-0.3, -0.25) is 19.4 Å². The van der Waals surface area contributed by atoms with Crippen LogP contribution in [-0.4, -0.2) is 22.3 Å². The largest absolute Gasteiger partial charge is 0.416 e. The summed E-state index contributed by atoms with van der Waals surface area (Å²) in [5.74, 6) is -2.39. The molecule has 0 saturated heterocycles. The van der Waals surface area contributed by atoms with Crippen molar-refractivity contribution in [3.8, 4) is 11.3 Å². The Balaban J connectivity index is 1.45. The van der Waals surface area contributed by atoms with Gasteiger partial charge in [0.15, 0.2) is 5.78 Å². The van der Waals surface area contributed by atoms with E-state index in [0.717, 1.165) is 34.5 Å². The van der Waals surface area contributed by atoms with Gasteiger partial charge in [-0.05, 0) is 72.9 Å². The van der Waals surface area contributed by atoms with E-state index in [4.69, 9.17) is 11.6 Å². The number of aryl methyl sites for hydroxylation is 3. The van der Waals surface area contributed by atoms with Crippen molar-refractivity contribution in [3.05, 3.63) is 87.6 Å². The van der Waals surface area contributed by atoms with Gasteiger partial charge in [-0.25, -0.2) is 0 Å². The summed E-state index contributed by atoms with van der Waals surface area (Å²) in [7, 11) is 0. The van der Waals surface area contributed by atoms with Crippen LogP contribution in [0.1, 0.15) is 53.0 Å². The highest BCUT2D eigenvalue weighted by atomic mass is 35.5. The summed E-state index contributed by atoms with van der Waals surface area (Å²) in [6, 6.07) is 12.2. The minimum atomic E-state index is -4.45. The molecule has 1 aromatic heterocycles. The van der Waals surface area contributed by atoms with Crippen molar-refractivity contribution >= 4 is 29.0 Å². The van der Waals surface area contributed by atoms with Crippen molar-refractivity contribution in [2.45, 2.75) is 51.6 Å². The van der Waals surface area contributed by atoms with Crippen molar-refractivity contribution in [3.63, 3.8) is 0 Å². The molecule has 192 valence electrons. The normalized spacial score (nSPS) is 17.9. The number of nitrogens with zero attached hydrogens (tertiary/aromatic N) is 1. The van der Waals surface area contributed by atoms with Gasteiger partial charge in [0.1, 0.15) is 17.5 Å². The molecule has 4 nitrogen and oxygen atoms in total. The predicted octanol–water partition coefficient (Wildman–Crippen LogP) is 6.87. The second kappa shape index (κ2) is 10.6. The molecular weight excluding hydrogens is 503 g/mol. The van der Waals surface area contributed by atoms with E-state index in [1.54, 1.807) is 18.3 Å². The second-order valence-electron chi connectivity index (χ2n) is 9.53. The van der Waals surface area contributed by atoms with Crippen LogP contribution in [0.25, 0.3) is 11.3 Å². The standard InChI is InChI=1S/C29H25ClF3NO3/c1-16-10-19(24-9-7-22(30)15-34-24)11-17(2)26(16)27-25(36)14-20(28(27)37)13-23(35)8-6-18-4-3-5-21(12-18)29(31,32)33/h3-5,7,9-12,15,20,27H,6,8,13-14H2,1-2H3. The SMILES string of the molecule is Cc1cc(-c2ccc(Cl)cn2)cc(C)c1C1C(=O)CC(CC(=O)CCc2cccc(C(F)(F)F)c2)C1=O. The molecule has 0 aliphatic heterocycles. The van der Waals surface area contributed by atoms with Crippen LogP contribution in [0.4, 0.5) is 13.2 Å². The Morgan fingerprint density at radius 3 is 2.38 bits per heavy atom. The van der Waals surface area contributed by atoms with Crippen LogP contribution in [0, 0.1) is 19.8 Å². The van der Waals surface area contributed by atoms with Gasteiger partial charge in [0.05, 0.1) is 16.3 Å². The van der Waals surface area contributed by atoms with Crippen molar-refractivity contribution in [1.82, 2.24) is 4.98 Å². The van der Waals surface area contributed by atoms with Crippen LogP contribution in [0.3, 0.4) is 0 Å². The zero-order valence-electron chi connectivity index (χ0n) is 20.4. The van der Waals surface area contributed by atoms with E-state index in [0.29, 0.717) is 16.1 Å². The highest BCUT2D eigenvalue weighted by Gasteiger charge is 2.43. The summed E-state index contributed by atoms with van der Waals surface area (Å²) in [5, 5.41) is 0.520. The molecule has 8 heteroatoms. The number of halogens is 4. The van der Waals surface area contributed by atoms with Gasteiger partial charge in [0.25, 0.3) is 0 Å². The molecule has 0 amide bonds. The van der Waals surface area contributed by atoms with E-state index in [1.165, 1.54) is 12.1 Å². The van der Waals surface area contributed by atoms with Crippen molar-refractivity contribution in [2.75, 3.05) is 0 Å². The van der Waals surface area contributed by atoms with Crippen molar-refractivity contribution in [2.24, 2.45) is 5.92 Å². The molecule has 0 N–H and O–H groups in total. The summed E-state index contributed by atoms with van der Waals surface area (Å²) >= 11 is 5.93. The Morgan fingerprint density at radius 1 is 1.05 bits per heavy atom. The maximum absolute atomic E-state index is 13.3. The number of ketones is 3. The van der Waals surface area contributed by atoms with Crippen LogP contribution in [0.5, 0.6) is 0 Å². The lowest BCUT2D eigenvalue weighted by Crippen LogP contribution is -2.19. The van der Waals surface area contributed by atoms with E-state index >= 15 is 0 Å². The molecule has 1 aliphatic carbocycles. The Morgan fingerprint density at radius 2 is 1.76 bits per heavy atom. The van der Waals surface area contributed by atoms with Crippen LogP contribution >= 0.6 is 11.6 Å². The molecular formula is C29H25ClF3NO3. The molecule has 0 bridgehead atoms. The summed E-state index contributed by atoms with van der Waals surface area (Å²) in [5.41, 5.74) is 3.43. The molecule has 2 aromatic carbocycles. The molecule has 0 radical (unpaired) electrons. The van der Waals surface area contributed by atoms with E-state index < -0.39 is 23.6 Å². The van der Waals surface area contributed by atoms with Crippen LogP contribution < -0.4 is 0 Å². The number of rotatable bonds is 7. The highest BCUT2D eigenvalue weighted by Crippen LogP contribution is 2.39. The number of alkyl halides is 3. The summed E-state index contributed by atoms with van der Waals surface area (Å²) < 4.78 is 38.8. The highest BCUT2D eigenvalue weighted by molar-refractivity contribution is 6.30. The van der Waals surface area contributed by atoms with Crippen molar-refractivity contribution < 1.29 is 27.6 Å². The smallest absolute Gasteiger partial charge is 0.300 e. The number of Topliss-reactive ketones (excluding diaryl/α,β-unsaturated/α-hetero) is 3. The van der Waals surface area contributed by atoms with E-state index in [2.05, 4.69) is 4.98 Å². The second-order valence-corrected chi connectivity index (χ2v) is 9.97. The lowest BCUT2D eigenvalue weighted by atomic mass is 9.85. The lowest BCUT2D eigenvalue weighted by Gasteiger charge is -2.17. The quantitative estimate of drug-likeness (QED) is 0.314. The summed E-state index contributed by atoms with van der Waals surface area (Å²) in [6.07, 6.45) is -2.87. The van der Waals surface area contributed by atoms with Crippen LogP contribution in [-0.2, 0) is 27.0 Å². The average Bonchev–Trinajstić information content (AvgIpc) is 3.10. The van der Waals surface area contributed by atoms with Crippen LogP contribution in [0.2, 0.25) is 5.02 Å². The number of hydrogen-bond acceptors (Lipinski definition) is 4. The molecule has 0 spiro atoms. The van der Waals surface area contributed by atoms with Gasteiger partial charge >= 0.3 is 6.18 Å². The number of hydrogen-bond donors (Lipinski definition) is 0. The zero-order valence-corrected chi connectivity index (χ0v) is 21.1. The number of aromatic nitrogens is 1. The van der Waals surface area contributed by atoms with Crippen LogP contribution in [0.15, 0.2) is 54.7 Å². The first-order valence-electron chi connectivity index (χ1n) is 11.9. The third-order valence-corrected chi connectivity index (χ3v) is 7.01. The maximum Gasteiger partial charge on any atom is 0.416 e. The average molecular weight is 528 g/mol. The third kappa shape index (κ3) is 5.99. The number of carbonyl (C=O) groups is 3. The number of pyridine rings is 1. The molecule has 1 heterocycles. The Bertz CT molecular complexity index is 1340. The molecule has 37 heavy (non-hydrogen) atoms. The molecule has 3 aromatic rings. The minimum Gasteiger partial charge on any atom is -0.300 e. The fraction of sp³-hybridized carbons (Fsp3) is 0.310. The monoisotopic (exact) mass is 527 g/mol. The fourth-order valence-electron chi connectivity index (χ4n) is 5.02. The summed E-state index contributed by atoms with van der Waals surface area (Å²) in [6.45, 7) is 3.69. The van der Waals surface area contributed by atoms with Gasteiger partial charge in [0.2, 0.25) is 0 Å². The van der Waals surface area contributed by atoms with E-state index in [9.17, 15) is 27.6 Å². The zero-order chi connectivity index (χ0) is 26.9. The Hall–Kier alpha value is -3.32. The molecule has 1 fully saturated rings.